The van der Waals surface area contributed by atoms with Crippen molar-refractivity contribution < 1.29 is 9.90 Å². The molecular formula is C13H13NO2S2. The van der Waals surface area contributed by atoms with E-state index in [0.29, 0.717) is 4.88 Å². The topological polar surface area (TPSA) is 50.2 Å². The third-order valence-electron chi connectivity index (χ3n) is 2.31. The number of carboxylic acid groups (broad SMARTS) is 1. The first-order valence-corrected chi connectivity index (χ1v) is 7.25. The lowest BCUT2D eigenvalue weighted by Crippen LogP contribution is -1.89. The standard InChI is InChI=1S/C13H13NO2S2/c1-8-5-9(2)14-12(6-8)17-7-10-3-4-11(18-10)13(15)16/h3-6H,7H2,1-2H3,(H,15,16). The van der Waals surface area contributed by atoms with Gasteiger partial charge in [-0.3, -0.25) is 0 Å². The first-order valence-electron chi connectivity index (χ1n) is 5.44. The molecule has 3 nitrogen and oxygen atoms in total. The van der Waals surface area contributed by atoms with Crippen molar-refractivity contribution in [2.45, 2.75) is 24.6 Å². The summed E-state index contributed by atoms with van der Waals surface area (Å²) < 4.78 is 0. The summed E-state index contributed by atoms with van der Waals surface area (Å²) in [6.07, 6.45) is 0. The second-order valence-electron chi connectivity index (χ2n) is 3.98. The highest BCUT2D eigenvalue weighted by atomic mass is 32.2. The summed E-state index contributed by atoms with van der Waals surface area (Å²) >= 11 is 2.95. The van der Waals surface area contributed by atoms with Crippen molar-refractivity contribution >= 4 is 29.1 Å². The molecule has 5 heteroatoms. The van der Waals surface area contributed by atoms with Crippen molar-refractivity contribution in [3.63, 3.8) is 0 Å². The highest BCUT2D eigenvalue weighted by Crippen LogP contribution is 2.26. The van der Waals surface area contributed by atoms with Crippen LogP contribution < -0.4 is 0 Å². The maximum atomic E-state index is 10.8. The normalized spacial score (nSPS) is 10.6. The number of aryl methyl sites for hydroxylation is 2. The third-order valence-corrected chi connectivity index (χ3v) is 4.53. The molecule has 2 aromatic heterocycles. The quantitative estimate of drug-likeness (QED) is 0.866. The number of thioether (sulfide) groups is 1. The van der Waals surface area contributed by atoms with Crippen molar-refractivity contribution in [3.8, 4) is 0 Å². The van der Waals surface area contributed by atoms with Gasteiger partial charge in [-0.25, -0.2) is 9.78 Å². The zero-order valence-corrected chi connectivity index (χ0v) is 11.8. The third kappa shape index (κ3) is 3.34. The summed E-state index contributed by atoms with van der Waals surface area (Å²) in [7, 11) is 0. The molecule has 0 atom stereocenters. The van der Waals surface area contributed by atoms with Crippen LogP contribution in [-0.2, 0) is 5.75 Å². The Morgan fingerprint density at radius 1 is 1.39 bits per heavy atom. The van der Waals surface area contributed by atoms with E-state index in [-0.39, 0.29) is 0 Å². The molecule has 0 saturated heterocycles. The predicted molar refractivity (Wildman–Crippen MR) is 74.6 cm³/mol. The SMILES string of the molecule is Cc1cc(C)nc(SCc2ccc(C(=O)O)s2)c1. The van der Waals surface area contributed by atoms with Gasteiger partial charge in [-0.2, -0.15) is 0 Å². The molecule has 18 heavy (non-hydrogen) atoms. The van der Waals surface area contributed by atoms with Crippen molar-refractivity contribution in [1.82, 2.24) is 4.98 Å². The van der Waals surface area contributed by atoms with Crippen LogP contribution in [0.3, 0.4) is 0 Å². The number of aromatic carboxylic acids is 1. The predicted octanol–water partition coefficient (Wildman–Crippen LogP) is 3.75. The Bertz CT molecular complexity index is 558. The van der Waals surface area contributed by atoms with E-state index in [9.17, 15) is 4.79 Å². The monoisotopic (exact) mass is 279 g/mol. The van der Waals surface area contributed by atoms with Gasteiger partial charge in [-0.15, -0.1) is 23.1 Å². The average molecular weight is 279 g/mol. The van der Waals surface area contributed by atoms with Crippen molar-refractivity contribution in [1.29, 1.82) is 0 Å². The van der Waals surface area contributed by atoms with Crippen LogP contribution in [0.5, 0.6) is 0 Å². The molecule has 0 amide bonds. The van der Waals surface area contributed by atoms with Crippen LogP contribution in [0.2, 0.25) is 0 Å². The molecule has 0 aliphatic rings. The highest BCUT2D eigenvalue weighted by Gasteiger charge is 2.07. The lowest BCUT2D eigenvalue weighted by atomic mass is 10.3. The van der Waals surface area contributed by atoms with Gasteiger partial charge < -0.3 is 5.11 Å². The molecular weight excluding hydrogens is 266 g/mol. The number of carbonyl (C=O) groups is 1. The fourth-order valence-electron chi connectivity index (χ4n) is 1.59. The van der Waals surface area contributed by atoms with E-state index in [0.717, 1.165) is 21.3 Å². The van der Waals surface area contributed by atoms with E-state index in [1.807, 2.05) is 32.0 Å². The van der Waals surface area contributed by atoms with E-state index in [4.69, 9.17) is 5.11 Å². The van der Waals surface area contributed by atoms with Crippen LogP contribution in [0.4, 0.5) is 0 Å². The van der Waals surface area contributed by atoms with Crippen molar-refractivity contribution in [3.05, 3.63) is 45.3 Å². The Balaban J connectivity index is 2.04. The van der Waals surface area contributed by atoms with Crippen LogP contribution >= 0.6 is 23.1 Å². The van der Waals surface area contributed by atoms with Gasteiger partial charge in [0.25, 0.3) is 0 Å². The van der Waals surface area contributed by atoms with Crippen molar-refractivity contribution in [2.75, 3.05) is 0 Å². The van der Waals surface area contributed by atoms with Crippen LogP contribution in [0.15, 0.2) is 29.3 Å². The Morgan fingerprint density at radius 2 is 2.17 bits per heavy atom. The molecule has 2 aromatic rings. The fourth-order valence-corrected chi connectivity index (χ4v) is 3.51. The summed E-state index contributed by atoms with van der Waals surface area (Å²) in [6.45, 7) is 4.02. The summed E-state index contributed by atoms with van der Waals surface area (Å²) in [5, 5.41) is 9.83. The fraction of sp³-hybridized carbons (Fsp3) is 0.231. The zero-order chi connectivity index (χ0) is 13.1. The van der Waals surface area contributed by atoms with Crippen LogP contribution in [0.25, 0.3) is 0 Å². The number of rotatable bonds is 4. The highest BCUT2D eigenvalue weighted by molar-refractivity contribution is 7.98. The van der Waals surface area contributed by atoms with E-state index in [1.54, 1.807) is 17.8 Å². The Morgan fingerprint density at radius 3 is 2.78 bits per heavy atom. The number of nitrogens with zero attached hydrogens (tertiary/aromatic N) is 1. The molecule has 0 aliphatic carbocycles. The molecule has 1 N–H and O–H groups in total. The van der Waals surface area contributed by atoms with Gasteiger partial charge >= 0.3 is 5.97 Å². The molecule has 0 saturated carbocycles. The average Bonchev–Trinajstić information content (AvgIpc) is 2.73. The van der Waals surface area contributed by atoms with Gasteiger partial charge in [0.05, 0.1) is 5.03 Å². The van der Waals surface area contributed by atoms with Gasteiger partial charge in [-0.05, 0) is 43.7 Å². The summed E-state index contributed by atoms with van der Waals surface area (Å²) in [6, 6.07) is 7.60. The summed E-state index contributed by atoms with van der Waals surface area (Å²) in [4.78, 5) is 16.7. The molecule has 0 spiro atoms. The van der Waals surface area contributed by atoms with Gasteiger partial charge in [0.15, 0.2) is 0 Å². The van der Waals surface area contributed by atoms with Crippen molar-refractivity contribution in [2.24, 2.45) is 0 Å². The Kier molecular flexibility index (Phi) is 4.04. The second kappa shape index (κ2) is 5.54. The minimum Gasteiger partial charge on any atom is -0.477 e. The van der Waals surface area contributed by atoms with Crippen LogP contribution in [0, 0.1) is 13.8 Å². The number of thiophene rings is 1. The maximum Gasteiger partial charge on any atom is 0.345 e. The number of pyridine rings is 1. The number of hydrogen-bond donors (Lipinski definition) is 1. The van der Waals surface area contributed by atoms with E-state index < -0.39 is 5.97 Å². The molecule has 0 radical (unpaired) electrons. The van der Waals surface area contributed by atoms with E-state index in [2.05, 4.69) is 4.98 Å². The second-order valence-corrected chi connectivity index (χ2v) is 6.15. The first kappa shape index (κ1) is 13.1. The number of hydrogen-bond acceptors (Lipinski definition) is 4. The minimum absolute atomic E-state index is 0.388. The molecule has 2 rings (SSSR count). The summed E-state index contributed by atoms with van der Waals surface area (Å²) in [5.74, 6) is -0.103. The lowest BCUT2D eigenvalue weighted by Gasteiger charge is -2.02. The van der Waals surface area contributed by atoms with Gasteiger partial charge in [0.2, 0.25) is 0 Å². The number of aromatic nitrogens is 1. The van der Waals surface area contributed by atoms with Gasteiger partial charge in [-0.1, -0.05) is 0 Å². The van der Waals surface area contributed by atoms with Gasteiger partial charge in [0.1, 0.15) is 4.88 Å². The molecule has 0 aliphatic heterocycles. The van der Waals surface area contributed by atoms with Gasteiger partial charge in [0, 0.05) is 16.3 Å². The molecule has 0 unspecified atom stereocenters. The van der Waals surface area contributed by atoms with Crippen LogP contribution in [0.1, 0.15) is 25.8 Å². The zero-order valence-electron chi connectivity index (χ0n) is 10.1. The first-order chi connectivity index (χ1) is 8.54. The largest absolute Gasteiger partial charge is 0.477 e. The van der Waals surface area contributed by atoms with Crippen LogP contribution in [-0.4, -0.2) is 16.1 Å². The Labute approximate surface area is 114 Å². The molecule has 2 heterocycles. The maximum absolute atomic E-state index is 10.8. The lowest BCUT2D eigenvalue weighted by molar-refractivity contribution is 0.0702. The molecule has 0 fully saturated rings. The summed E-state index contributed by atoms with van der Waals surface area (Å²) in [5.41, 5.74) is 2.21. The van der Waals surface area contributed by atoms with E-state index in [1.165, 1.54) is 16.9 Å². The molecule has 94 valence electrons. The van der Waals surface area contributed by atoms with E-state index >= 15 is 0 Å². The molecule has 0 bridgehead atoms. The molecule has 0 aromatic carbocycles. The minimum atomic E-state index is -0.860. The Hall–Kier alpha value is -1.33. The smallest absolute Gasteiger partial charge is 0.345 e. The number of carboxylic acids is 1.